The van der Waals surface area contributed by atoms with Crippen LogP contribution in [0.15, 0.2) is 76.0 Å². The number of fused-ring (bicyclic) bond motifs is 1. The van der Waals surface area contributed by atoms with Gasteiger partial charge in [0.25, 0.3) is 5.56 Å². The van der Waals surface area contributed by atoms with Crippen LogP contribution in [0.5, 0.6) is 0 Å². The summed E-state index contributed by atoms with van der Waals surface area (Å²) >= 11 is 2.76. The Kier molecular flexibility index (Phi) is 5.05. The Morgan fingerprint density at radius 1 is 1.07 bits per heavy atom. The summed E-state index contributed by atoms with van der Waals surface area (Å²) in [5.74, 6) is 0.254. The van der Waals surface area contributed by atoms with Gasteiger partial charge in [-0.25, -0.2) is 4.98 Å². The topological polar surface area (TPSA) is 58.7 Å². The lowest BCUT2D eigenvalue weighted by Crippen LogP contribution is -2.23. The zero-order valence-electron chi connectivity index (χ0n) is 14.3. The maximum Gasteiger partial charge on any atom is 0.263 e. The van der Waals surface area contributed by atoms with Gasteiger partial charge in [0.1, 0.15) is 4.83 Å². The highest BCUT2D eigenvalue weighted by Crippen LogP contribution is 2.32. The van der Waals surface area contributed by atoms with Crippen molar-refractivity contribution in [2.75, 3.05) is 5.75 Å². The zero-order valence-corrected chi connectivity index (χ0v) is 16.0. The lowest BCUT2D eigenvalue weighted by molar-refractivity contribution is 0.660. The van der Waals surface area contributed by atoms with E-state index >= 15 is 0 Å². The summed E-state index contributed by atoms with van der Waals surface area (Å²) in [5.41, 5.74) is 2.87. The van der Waals surface area contributed by atoms with Crippen LogP contribution in [0.25, 0.3) is 21.3 Å². The van der Waals surface area contributed by atoms with E-state index in [9.17, 15) is 4.79 Å². The Morgan fingerprint density at radius 2 is 1.78 bits per heavy atom. The van der Waals surface area contributed by atoms with Gasteiger partial charge in [-0.1, -0.05) is 72.4 Å². The Morgan fingerprint density at radius 3 is 2.48 bits per heavy atom. The van der Waals surface area contributed by atoms with E-state index in [0.717, 1.165) is 16.7 Å². The summed E-state index contributed by atoms with van der Waals surface area (Å²) in [6, 6.07) is 21.8. The first kappa shape index (κ1) is 17.5. The van der Waals surface area contributed by atoms with Crippen molar-refractivity contribution < 1.29 is 0 Å². The average Bonchev–Trinajstić information content (AvgIpc) is 3.14. The maximum atomic E-state index is 13.4. The van der Waals surface area contributed by atoms with Gasteiger partial charge in [0.05, 0.1) is 23.8 Å². The second-order valence-electron chi connectivity index (χ2n) is 5.91. The number of thioether (sulfide) groups is 1. The van der Waals surface area contributed by atoms with E-state index in [1.54, 1.807) is 4.57 Å². The number of aromatic nitrogens is 2. The fraction of sp³-hybridized carbons (Fsp3) is 0.0952. The third-order valence-electron chi connectivity index (χ3n) is 4.19. The molecule has 132 valence electrons. The monoisotopic (exact) mass is 389 g/mol. The average molecular weight is 390 g/mol. The number of thiophene rings is 1. The lowest BCUT2D eigenvalue weighted by atomic mass is 10.1. The molecule has 0 N–H and O–H groups in total. The number of rotatable bonds is 5. The predicted molar refractivity (Wildman–Crippen MR) is 111 cm³/mol. The molecule has 0 spiro atoms. The van der Waals surface area contributed by atoms with Gasteiger partial charge < -0.3 is 0 Å². The molecule has 0 aliphatic rings. The number of hydrogen-bond donors (Lipinski definition) is 0. The fourth-order valence-corrected chi connectivity index (χ4v) is 4.60. The van der Waals surface area contributed by atoms with E-state index in [2.05, 4.69) is 6.07 Å². The molecule has 0 saturated carbocycles. The van der Waals surface area contributed by atoms with E-state index in [1.165, 1.54) is 23.1 Å². The van der Waals surface area contributed by atoms with Crippen molar-refractivity contribution >= 4 is 33.3 Å². The largest absolute Gasteiger partial charge is 0.282 e. The molecule has 0 saturated heterocycles. The standard InChI is InChI=1S/C21H15N3OS2/c22-11-12-26-21-23-19-18(17(14-27-19)16-9-5-2-6-10-16)20(25)24(21)13-15-7-3-1-4-8-15/h1-10,14H,12-13H2. The number of hydrogen-bond acceptors (Lipinski definition) is 5. The van der Waals surface area contributed by atoms with Crippen LogP contribution in [0.3, 0.4) is 0 Å². The van der Waals surface area contributed by atoms with Crippen molar-refractivity contribution in [1.82, 2.24) is 9.55 Å². The molecule has 4 nitrogen and oxygen atoms in total. The summed E-state index contributed by atoms with van der Waals surface area (Å²) < 4.78 is 1.68. The van der Waals surface area contributed by atoms with Crippen LogP contribution in [0, 0.1) is 11.3 Å². The Hall–Kier alpha value is -2.88. The molecule has 0 bridgehead atoms. The van der Waals surface area contributed by atoms with Gasteiger partial charge in [-0.2, -0.15) is 5.26 Å². The molecule has 2 aromatic carbocycles. The predicted octanol–water partition coefficient (Wildman–Crippen LogP) is 4.79. The Labute approximate surface area is 164 Å². The maximum absolute atomic E-state index is 13.4. The molecule has 0 fully saturated rings. The molecular weight excluding hydrogens is 374 g/mol. The van der Waals surface area contributed by atoms with Crippen LogP contribution < -0.4 is 5.56 Å². The van der Waals surface area contributed by atoms with Gasteiger partial charge in [0.2, 0.25) is 0 Å². The van der Waals surface area contributed by atoms with E-state index in [-0.39, 0.29) is 11.3 Å². The van der Waals surface area contributed by atoms with Crippen molar-refractivity contribution in [2.24, 2.45) is 0 Å². The number of nitrogens with zero attached hydrogens (tertiary/aromatic N) is 3. The highest BCUT2D eigenvalue weighted by molar-refractivity contribution is 7.99. The summed E-state index contributed by atoms with van der Waals surface area (Å²) in [7, 11) is 0. The number of nitriles is 1. The fourth-order valence-electron chi connectivity index (χ4n) is 2.95. The van der Waals surface area contributed by atoms with Crippen molar-refractivity contribution in [1.29, 1.82) is 5.26 Å². The molecule has 0 radical (unpaired) electrons. The molecule has 2 heterocycles. The van der Waals surface area contributed by atoms with Crippen LogP contribution in [0.2, 0.25) is 0 Å². The first-order valence-corrected chi connectivity index (χ1v) is 10.3. The minimum absolute atomic E-state index is 0.0654. The van der Waals surface area contributed by atoms with Gasteiger partial charge in [-0.3, -0.25) is 9.36 Å². The summed E-state index contributed by atoms with van der Waals surface area (Å²) in [6.07, 6.45) is 0. The molecular formula is C21H15N3OS2. The molecule has 0 amide bonds. The molecule has 4 aromatic rings. The van der Waals surface area contributed by atoms with E-state index in [1.807, 2.05) is 66.0 Å². The quantitative estimate of drug-likeness (QED) is 0.364. The van der Waals surface area contributed by atoms with E-state index in [4.69, 9.17) is 10.2 Å². The first-order chi connectivity index (χ1) is 13.3. The summed E-state index contributed by atoms with van der Waals surface area (Å²) in [5, 5.41) is 12.2. The van der Waals surface area contributed by atoms with Gasteiger partial charge in [-0.05, 0) is 11.1 Å². The Bertz CT molecular complexity index is 1180. The zero-order chi connectivity index (χ0) is 18.6. The SMILES string of the molecule is N#CCSc1nc2scc(-c3ccccc3)c2c(=O)n1Cc1ccccc1. The molecule has 6 heteroatoms. The van der Waals surface area contributed by atoms with Gasteiger partial charge >= 0.3 is 0 Å². The normalized spacial score (nSPS) is 10.8. The minimum atomic E-state index is -0.0654. The van der Waals surface area contributed by atoms with Crippen LogP contribution in [0.4, 0.5) is 0 Å². The highest BCUT2D eigenvalue weighted by Gasteiger charge is 2.17. The van der Waals surface area contributed by atoms with Gasteiger partial charge in [-0.15, -0.1) is 11.3 Å². The van der Waals surface area contributed by atoms with Crippen molar-refractivity contribution in [2.45, 2.75) is 11.7 Å². The molecule has 0 atom stereocenters. The van der Waals surface area contributed by atoms with Crippen molar-refractivity contribution in [3.63, 3.8) is 0 Å². The van der Waals surface area contributed by atoms with Crippen molar-refractivity contribution in [3.8, 4) is 17.2 Å². The molecule has 27 heavy (non-hydrogen) atoms. The van der Waals surface area contributed by atoms with E-state index in [0.29, 0.717) is 21.9 Å². The van der Waals surface area contributed by atoms with Crippen molar-refractivity contribution in [3.05, 3.63) is 82.0 Å². The summed E-state index contributed by atoms with van der Waals surface area (Å²) in [4.78, 5) is 18.8. The third-order valence-corrected chi connectivity index (χ3v) is 5.91. The third kappa shape index (κ3) is 3.52. The highest BCUT2D eigenvalue weighted by atomic mass is 32.2. The van der Waals surface area contributed by atoms with Crippen LogP contribution in [-0.4, -0.2) is 15.3 Å². The molecule has 0 unspecified atom stereocenters. The minimum Gasteiger partial charge on any atom is -0.282 e. The van der Waals surface area contributed by atoms with Gasteiger partial charge in [0, 0.05) is 10.9 Å². The molecule has 0 aliphatic carbocycles. The first-order valence-electron chi connectivity index (χ1n) is 8.39. The van der Waals surface area contributed by atoms with Crippen LogP contribution in [0.1, 0.15) is 5.56 Å². The second kappa shape index (κ2) is 7.78. The van der Waals surface area contributed by atoms with Crippen LogP contribution in [-0.2, 0) is 6.54 Å². The Balaban J connectivity index is 1.91. The van der Waals surface area contributed by atoms with Crippen LogP contribution >= 0.6 is 23.1 Å². The molecule has 2 aromatic heterocycles. The lowest BCUT2D eigenvalue weighted by Gasteiger charge is -2.12. The molecule has 4 rings (SSSR count). The summed E-state index contributed by atoms with van der Waals surface area (Å²) in [6.45, 7) is 0.431. The van der Waals surface area contributed by atoms with E-state index < -0.39 is 0 Å². The second-order valence-corrected chi connectivity index (χ2v) is 7.71. The smallest absolute Gasteiger partial charge is 0.263 e. The van der Waals surface area contributed by atoms with Gasteiger partial charge in [0.15, 0.2) is 5.16 Å². The number of benzene rings is 2. The molecule has 0 aliphatic heterocycles.